The summed E-state index contributed by atoms with van der Waals surface area (Å²) in [7, 11) is 0. The van der Waals surface area contributed by atoms with Crippen molar-refractivity contribution in [3.8, 4) is 0 Å². The van der Waals surface area contributed by atoms with Gasteiger partial charge in [0, 0.05) is 25.7 Å². The van der Waals surface area contributed by atoms with Crippen LogP contribution < -0.4 is 5.32 Å². The molecule has 0 radical (unpaired) electrons. The summed E-state index contributed by atoms with van der Waals surface area (Å²) in [6.07, 6.45) is 5.91. The van der Waals surface area contributed by atoms with Gasteiger partial charge in [0.1, 0.15) is 0 Å². The summed E-state index contributed by atoms with van der Waals surface area (Å²) in [4.78, 5) is 2.53. The first-order valence-electron chi connectivity index (χ1n) is 7.47. The van der Waals surface area contributed by atoms with E-state index in [4.69, 9.17) is 0 Å². The van der Waals surface area contributed by atoms with E-state index in [1.165, 1.54) is 30.4 Å². The molecule has 1 aliphatic carbocycles. The van der Waals surface area contributed by atoms with Crippen LogP contribution in [-0.4, -0.2) is 24.0 Å². The van der Waals surface area contributed by atoms with Crippen molar-refractivity contribution in [2.24, 2.45) is 0 Å². The summed E-state index contributed by atoms with van der Waals surface area (Å²) in [5, 5.41) is 3.46. The second-order valence-electron chi connectivity index (χ2n) is 5.45. The Morgan fingerprint density at radius 3 is 2.84 bits per heavy atom. The molecular formula is C17H26N2. The summed E-state index contributed by atoms with van der Waals surface area (Å²) in [6.45, 7) is 10.2. The van der Waals surface area contributed by atoms with Crippen LogP contribution in [0.25, 0.3) is 0 Å². The van der Waals surface area contributed by atoms with Crippen molar-refractivity contribution < 1.29 is 0 Å². The van der Waals surface area contributed by atoms with Crippen LogP contribution in [0.15, 0.2) is 36.9 Å². The molecule has 0 atom stereocenters. The van der Waals surface area contributed by atoms with Gasteiger partial charge in [0.2, 0.25) is 0 Å². The Bertz CT molecular complexity index is 396. The molecule has 1 fully saturated rings. The molecule has 2 heteroatoms. The summed E-state index contributed by atoms with van der Waals surface area (Å²) in [6, 6.07) is 9.75. The molecule has 0 spiro atoms. The van der Waals surface area contributed by atoms with E-state index in [0.29, 0.717) is 0 Å². The highest BCUT2D eigenvalue weighted by atomic mass is 15.2. The molecule has 104 valence electrons. The Balaban J connectivity index is 1.91. The normalized spacial score (nSPS) is 14.8. The van der Waals surface area contributed by atoms with Crippen molar-refractivity contribution in [3.63, 3.8) is 0 Å². The number of benzene rings is 1. The third-order valence-corrected chi connectivity index (χ3v) is 3.56. The maximum Gasteiger partial charge on any atom is 0.0240 e. The van der Waals surface area contributed by atoms with Crippen molar-refractivity contribution in [3.05, 3.63) is 48.0 Å². The van der Waals surface area contributed by atoms with Crippen LogP contribution in [0.3, 0.4) is 0 Å². The average molecular weight is 258 g/mol. The van der Waals surface area contributed by atoms with Crippen molar-refractivity contribution in [2.75, 3.05) is 13.1 Å². The molecule has 0 saturated heterocycles. The Hall–Kier alpha value is -1.12. The van der Waals surface area contributed by atoms with Crippen LogP contribution in [0.2, 0.25) is 0 Å². The van der Waals surface area contributed by atoms with Gasteiger partial charge in [0.15, 0.2) is 0 Å². The lowest BCUT2D eigenvalue weighted by molar-refractivity contribution is 0.284. The molecule has 2 rings (SSSR count). The largest absolute Gasteiger partial charge is 0.313 e. The molecular weight excluding hydrogens is 232 g/mol. The lowest BCUT2D eigenvalue weighted by Gasteiger charge is -2.20. The molecule has 2 nitrogen and oxygen atoms in total. The fourth-order valence-corrected chi connectivity index (χ4v) is 2.43. The summed E-state index contributed by atoms with van der Waals surface area (Å²) < 4.78 is 0. The van der Waals surface area contributed by atoms with E-state index in [2.05, 4.69) is 48.0 Å². The van der Waals surface area contributed by atoms with Crippen LogP contribution in [0.1, 0.15) is 37.3 Å². The van der Waals surface area contributed by atoms with Gasteiger partial charge in [-0.2, -0.15) is 0 Å². The molecule has 19 heavy (non-hydrogen) atoms. The van der Waals surface area contributed by atoms with Gasteiger partial charge in [-0.15, -0.1) is 6.58 Å². The van der Waals surface area contributed by atoms with Gasteiger partial charge >= 0.3 is 0 Å². The number of hydrogen-bond acceptors (Lipinski definition) is 2. The Morgan fingerprint density at radius 1 is 1.37 bits per heavy atom. The first-order chi connectivity index (χ1) is 9.33. The summed E-state index contributed by atoms with van der Waals surface area (Å²) in [5.41, 5.74) is 2.81. The van der Waals surface area contributed by atoms with Crippen molar-refractivity contribution in [1.82, 2.24) is 10.2 Å². The van der Waals surface area contributed by atoms with E-state index in [9.17, 15) is 0 Å². The molecule has 1 aromatic rings. The third kappa shape index (κ3) is 4.81. The summed E-state index contributed by atoms with van der Waals surface area (Å²) >= 11 is 0. The van der Waals surface area contributed by atoms with Gasteiger partial charge in [-0.3, -0.25) is 4.90 Å². The highest BCUT2D eigenvalue weighted by molar-refractivity contribution is 5.23. The quantitative estimate of drug-likeness (QED) is 0.540. The van der Waals surface area contributed by atoms with Crippen LogP contribution >= 0.6 is 0 Å². The van der Waals surface area contributed by atoms with E-state index < -0.39 is 0 Å². The molecule has 1 aromatic carbocycles. The van der Waals surface area contributed by atoms with Crippen LogP contribution in [0.5, 0.6) is 0 Å². The molecule has 1 N–H and O–H groups in total. The molecule has 0 aliphatic heterocycles. The van der Waals surface area contributed by atoms with Gasteiger partial charge in [-0.05, 0) is 36.9 Å². The standard InChI is InChI=1S/C17H26N2/c1-3-10-18-13-15-6-5-7-16(12-15)14-19(11-4-2)17-8-9-17/h4-7,12,17-18H,2-3,8-11,13-14H2,1H3. The zero-order chi connectivity index (χ0) is 13.5. The highest BCUT2D eigenvalue weighted by Gasteiger charge is 2.27. The Kier molecular flexibility index (Phi) is 5.62. The third-order valence-electron chi connectivity index (χ3n) is 3.56. The SMILES string of the molecule is C=CCN(Cc1cccc(CNCCC)c1)C1CC1. The second kappa shape index (κ2) is 7.46. The minimum Gasteiger partial charge on any atom is -0.313 e. The minimum absolute atomic E-state index is 0.792. The van der Waals surface area contributed by atoms with E-state index in [1.807, 2.05) is 6.08 Å². The maximum atomic E-state index is 3.87. The Morgan fingerprint density at radius 2 is 2.16 bits per heavy atom. The van der Waals surface area contributed by atoms with E-state index in [1.54, 1.807) is 0 Å². The van der Waals surface area contributed by atoms with E-state index >= 15 is 0 Å². The number of rotatable bonds is 9. The number of hydrogen-bond donors (Lipinski definition) is 1. The molecule has 0 aromatic heterocycles. The Labute approximate surface area is 117 Å². The predicted octanol–water partition coefficient (Wildman–Crippen LogP) is 3.34. The minimum atomic E-state index is 0.792. The maximum absolute atomic E-state index is 3.87. The predicted molar refractivity (Wildman–Crippen MR) is 82.1 cm³/mol. The fraction of sp³-hybridized carbons (Fsp3) is 0.529. The molecule has 1 saturated carbocycles. The smallest absolute Gasteiger partial charge is 0.0240 e. The first kappa shape index (κ1) is 14.3. The van der Waals surface area contributed by atoms with Gasteiger partial charge in [0.25, 0.3) is 0 Å². The molecule has 0 heterocycles. The van der Waals surface area contributed by atoms with Crippen LogP contribution in [-0.2, 0) is 13.1 Å². The van der Waals surface area contributed by atoms with Gasteiger partial charge < -0.3 is 5.32 Å². The molecule has 0 amide bonds. The monoisotopic (exact) mass is 258 g/mol. The van der Waals surface area contributed by atoms with Crippen molar-refractivity contribution >= 4 is 0 Å². The van der Waals surface area contributed by atoms with Gasteiger partial charge in [-0.1, -0.05) is 37.3 Å². The van der Waals surface area contributed by atoms with Crippen LogP contribution in [0, 0.1) is 0 Å². The number of nitrogens with one attached hydrogen (secondary N) is 1. The average Bonchev–Trinajstić information content (AvgIpc) is 3.23. The zero-order valence-electron chi connectivity index (χ0n) is 12.1. The van der Waals surface area contributed by atoms with Crippen molar-refractivity contribution in [1.29, 1.82) is 0 Å². The van der Waals surface area contributed by atoms with E-state index in [0.717, 1.165) is 32.2 Å². The summed E-state index contributed by atoms with van der Waals surface area (Å²) in [5.74, 6) is 0. The molecule has 0 unspecified atom stereocenters. The topological polar surface area (TPSA) is 15.3 Å². The van der Waals surface area contributed by atoms with E-state index in [-0.39, 0.29) is 0 Å². The number of nitrogens with zero attached hydrogens (tertiary/aromatic N) is 1. The van der Waals surface area contributed by atoms with Gasteiger partial charge in [0.05, 0.1) is 0 Å². The highest BCUT2D eigenvalue weighted by Crippen LogP contribution is 2.28. The second-order valence-corrected chi connectivity index (χ2v) is 5.45. The van der Waals surface area contributed by atoms with Crippen molar-refractivity contribution in [2.45, 2.75) is 45.3 Å². The van der Waals surface area contributed by atoms with Gasteiger partial charge in [-0.25, -0.2) is 0 Å². The first-order valence-corrected chi connectivity index (χ1v) is 7.47. The lowest BCUT2D eigenvalue weighted by atomic mass is 10.1. The molecule has 1 aliphatic rings. The van der Waals surface area contributed by atoms with Crippen LogP contribution in [0.4, 0.5) is 0 Å². The fourth-order valence-electron chi connectivity index (χ4n) is 2.43. The lowest BCUT2D eigenvalue weighted by Crippen LogP contribution is -2.25. The molecule has 0 bridgehead atoms. The zero-order valence-corrected chi connectivity index (χ0v) is 12.1.